The SMILES string of the molecule is N/C=C1\CCCc2ccc(Br)cc21. The first-order chi connectivity index (χ1) is 6.31. The minimum atomic E-state index is 1.11. The van der Waals surface area contributed by atoms with E-state index in [0.29, 0.717) is 0 Å². The third-order valence-corrected chi connectivity index (χ3v) is 3.00. The molecule has 0 amide bonds. The second-order valence-electron chi connectivity index (χ2n) is 3.35. The lowest BCUT2D eigenvalue weighted by Gasteiger charge is -2.18. The lowest BCUT2D eigenvalue weighted by molar-refractivity contribution is 0.820. The zero-order chi connectivity index (χ0) is 9.26. The molecule has 68 valence electrons. The van der Waals surface area contributed by atoms with Crippen LogP contribution in [0.5, 0.6) is 0 Å². The molecule has 0 radical (unpaired) electrons. The fourth-order valence-corrected chi connectivity index (χ4v) is 2.20. The predicted molar refractivity (Wildman–Crippen MR) is 59.2 cm³/mol. The van der Waals surface area contributed by atoms with Crippen molar-refractivity contribution in [1.29, 1.82) is 0 Å². The van der Waals surface area contributed by atoms with Gasteiger partial charge in [-0.15, -0.1) is 0 Å². The first kappa shape index (κ1) is 8.82. The van der Waals surface area contributed by atoms with E-state index in [-0.39, 0.29) is 0 Å². The van der Waals surface area contributed by atoms with Crippen molar-refractivity contribution in [3.05, 3.63) is 40.0 Å². The van der Waals surface area contributed by atoms with Gasteiger partial charge in [-0.2, -0.15) is 0 Å². The van der Waals surface area contributed by atoms with Crippen molar-refractivity contribution in [2.75, 3.05) is 0 Å². The van der Waals surface area contributed by atoms with Crippen LogP contribution in [0.3, 0.4) is 0 Å². The molecule has 0 saturated heterocycles. The van der Waals surface area contributed by atoms with Crippen molar-refractivity contribution in [1.82, 2.24) is 0 Å². The number of nitrogens with two attached hydrogens (primary N) is 1. The van der Waals surface area contributed by atoms with E-state index in [1.54, 1.807) is 6.20 Å². The van der Waals surface area contributed by atoms with Gasteiger partial charge in [-0.1, -0.05) is 22.0 Å². The molecule has 13 heavy (non-hydrogen) atoms. The van der Waals surface area contributed by atoms with Gasteiger partial charge in [0.15, 0.2) is 0 Å². The second-order valence-corrected chi connectivity index (χ2v) is 4.26. The lowest BCUT2D eigenvalue weighted by Crippen LogP contribution is -2.03. The highest BCUT2D eigenvalue weighted by Gasteiger charge is 2.13. The number of aryl methyl sites for hydroxylation is 1. The first-order valence-corrected chi connectivity index (χ1v) is 5.30. The van der Waals surface area contributed by atoms with Crippen LogP contribution in [0, 0.1) is 0 Å². The normalized spacial score (nSPS) is 18.7. The zero-order valence-electron chi connectivity index (χ0n) is 7.39. The molecular formula is C11H12BrN. The van der Waals surface area contributed by atoms with Crippen molar-refractivity contribution in [3.63, 3.8) is 0 Å². The first-order valence-electron chi connectivity index (χ1n) is 4.51. The molecule has 0 aromatic heterocycles. The molecule has 0 spiro atoms. The van der Waals surface area contributed by atoms with E-state index in [0.717, 1.165) is 10.9 Å². The Morgan fingerprint density at radius 3 is 2.92 bits per heavy atom. The lowest BCUT2D eigenvalue weighted by atomic mass is 9.88. The van der Waals surface area contributed by atoms with Crippen molar-refractivity contribution in [2.45, 2.75) is 19.3 Å². The highest BCUT2D eigenvalue weighted by atomic mass is 79.9. The van der Waals surface area contributed by atoms with Gasteiger partial charge < -0.3 is 5.73 Å². The third kappa shape index (κ3) is 1.63. The summed E-state index contributed by atoms with van der Waals surface area (Å²) in [6, 6.07) is 6.44. The van der Waals surface area contributed by atoms with Gasteiger partial charge in [0.25, 0.3) is 0 Å². The minimum absolute atomic E-state index is 1.11. The molecule has 0 atom stereocenters. The standard InChI is InChI=1S/C11H12BrN/c12-10-5-4-8-2-1-3-9(7-13)11(8)6-10/h4-7H,1-3,13H2/b9-7+. The molecule has 0 heterocycles. The molecule has 1 nitrogen and oxygen atoms in total. The Morgan fingerprint density at radius 1 is 1.31 bits per heavy atom. The summed E-state index contributed by atoms with van der Waals surface area (Å²) in [5.41, 5.74) is 9.62. The van der Waals surface area contributed by atoms with Crippen molar-refractivity contribution in [2.24, 2.45) is 5.73 Å². The fraction of sp³-hybridized carbons (Fsp3) is 0.273. The number of benzene rings is 1. The summed E-state index contributed by atoms with van der Waals surface area (Å²) in [4.78, 5) is 0. The van der Waals surface area contributed by atoms with Crippen LogP contribution in [0.2, 0.25) is 0 Å². The molecule has 2 rings (SSSR count). The van der Waals surface area contributed by atoms with E-state index >= 15 is 0 Å². The van der Waals surface area contributed by atoms with Crippen LogP contribution in [0.4, 0.5) is 0 Å². The number of allylic oxidation sites excluding steroid dienone is 1. The molecule has 1 aromatic rings. The van der Waals surface area contributed by atoms with Crippen LogP contribution in [0.15, 0.2) is 28.9 Å². The summed E-state index contributed by atoms with van der Waals surface area (Å²) in [7, 11) is 0. The Labute approximate surface area is 86.8 Å². The summed E-state index contributed by atoms with van der Waals surface area (Å²) in [6.07, 6.45) is 5.25. The summed E-state index contributed by atoms with van der Waals surface area (Å²) in [5.74, 6) is 0. The maximum absolute atomic E-state index is 5.59. The topological polar surface area (TPSA) is 26.0 Å². The minimum Gasteiger partial charge on any atom is -0.404 e. The van der Waals surface area contributed by atoms with Crippen LogP contribution in [0.25, 0.3) is 5.57 Å². The van der Waals surface area contributed by atoms with Crippen molar-refractivity contribution >= 4 is 21.5 Å². The van der Waals surface area contributed by atoms with E-state index < -0.39 is 0 Å². The highest BCUT2D eigenvalue weighted by Crippen LogP contribution is 2.31. The van der Waals surface area contributed by atoms with Gasteiger partial charge in [-0.05, 0) is 54.3 Å². The number of hydrogen-bond donors (Lipinski definition) is 1. The molecule has 1 aliphatic rings. The second kappa shape index (κ2) is 3.54. The molecule has 0 unspecified atom stereocenters. The molecule has 2 heteroatoms. The van der Waals surface area contributed by atoms with Crippen molar-refractivity contribution in [3.8, 4) is 0 Å². The fourth-order valence-electron chi connectivity index (χ4n) is 1.84. The maximum atomic E-state index is 5.59. The Hall–Kier alpha value is -0.760. The number of fused-ring (bicyclic) bond motifs is 1. The van der Waals surface area contributed by atoms with Gasteiger partial charge in [0, 0.05) is 4.47 Å². The Balaban J connectivity index is 2.54. The average Bonchev–Trinajstić information content (AvgIpc) is 2.17. The number of rotatable bonds is 0. The summed E-state index contributed by atoms with van der Waals surface area (Å²) in [6.45, 7) is 0. The largest absolute Gasteiger partial charge is 0.404 e. The number of halogens is 1. The van der Waals surface area contributed by atoms with Crippen LogP contribution < -0.4 is 5.73 Å². The Morgan fingerprint density at radius 2 is 2.15 bits per heavy atom. The Kier molecular flexibility index (Phi) is 2.40. The molecule has 2 N–H and O–H groups in total. The average molecular weight is 238 g/mol. The van der Waals surface area contributed by atoms with E-state index in [2.05, 4.69) is 34.1 Å². The van der Waals surface area contributed by atoms with E-state index in [4.69, 9.17) is 5.73 Å². The summed E-state index contributed by atoms with van der Waals surface area (Å²) < 4.78 is 1.13. The highest BCUT2D eigenvalue weighted by molar-refractivity contribution is 9.10. The van der Waals surface area contributed by atoms with Crippen LogP contribution in [0.1, 0.15) is 24.0 Å². The van der Waals surface area contributed by atoms with Gasteiger partial charge in [0.2, 0.25) is 0 Å². The molecule has 0 fully saturated rings. The maximum Gasteiger partial charge on any atom is 0.0181 e. The van der Waals surface area contributed by atoms with Gasteiger partial charge in [-0.25, -0.2) is 0 Å². The predicted octanol–water partition coefficient (Wildman–Crippen LogP) is 3.09. The van der Waals surface area contributed by atoms with Crippen LogP contribution >= 0.6 is 15.9 Å². The third-order valence-electron chi connectivity index (χ3n) is 2.51. The summed E-state index contributed by atoms with van der Waals surface area (Å²) in [5, 5.41) is 0. The quantitative estimate of drug-likeness (QED) is 0.738. The smallest absolute Gasteiger partial charge is 0.0181 e. The van der Waals surface area contributed by atoms with Gasteiger partial charge in [-0.3, -0.25) is 0 Å². The van der Waals surface area contributed by atoms with Crippen LogP contribution in [-0.4, -0.2) is 0 Å². The monoisotopic (exact) mass is 237 g/mol. The molecule has 0 bridgehead atoms. The zero-order valence-corrected chi connectivity index (χ0v) is 8.97. The van der Waals surface area contributed by atoms with E-state index in [9.17, 15) is 0 Å². The molecule has 0 aliphatic heterocycles. The summed E-state index contributed by atoms with van der Waals surface area (Å²) >= 11 is 3.48. The van der Waals surface area contributed by atoms with E-state index in [1.807, 2.05) is 0 Å². The van der Waals surface area contributed by atoms with Gasteiger partial charge in [0.1, 0.15) is 0 Å². The molecule has 1 aliphatic carbocycles. The van der Waals surface area contributed by atoms with Crippen LogP contribution in [-0.2, 0) is 6.42 Å². The number of hydrogen-bond acceptors (Lipinski definition) is 1. The molecular weight excluding hydrogens is 226 g/mol. The van der Waals surface area contributed by atoms with Gasteiger partial charge in [0.05, 0.1) is 0 Å². The van der Waals surface area contributed by atoms with E-state index in [1.165, 1.54) is 29.5 Å². The van der Waals surface area contributed by atoms with Gasteiger partial charge >= 0.3 is 0 Å². The molecule has 1 aromatic carbocycles. The Bertz CT molecular complexity index is 355. The van der Waals surface area contributed by atoms with Crippen molar-refractivity contribution < 1.29 is 0 Å². The molecule has 0 saturated carbocycles.